The van der Waals surface area contributed by atoms with Gasteiger partial charge >= 0.3 is 0 Å². The summed E-state index contributed by atoms with van der Waals surface area (Å²) in [5, 5.41) is 12.9. The molecule has 0 bridgehead atoms. The lowest BCUT2D eigenvalue weighted by molar-refractivity contribution is -0.118. The van der Waals surface area contributed by atoms with Crippen molar-refractivity contribution in [2.24, 2.45) is 16.0 Å². The largest absolute Gasteiger partial charge is 0.320 e. The molecule has 0 saturated carbocycles. The summed E-state index contributed by atoms with van der Waals surface area (Å²) in [4.78, 5) is 20.1. The topological polar surface area (TPSA) is 118 Å². The molecule has 1 atom stereocenters. The minimum Gasteiger partial charge on any atom is -0.320 e. The Morgan fingerprint density at radius 3 is 2.43 bits per heavy atom. The fraction of sp³-hybridized carbons (Fsp3) is 0.0714. The molecule has 3 rings (SSSR count). The quantitative estimate of drug-likeness (QED) is 0.582. The molecule has 0 fully saturated rings. The highest BCUT2D eigenvalue weighted by Gasteiger charge is 2.36. The summed E-state index contributed by atoms with van der Waals surface area (Å²) in [6.45, 7) is 0. The van der Waals surface area contributed by atoms with Crippen LogP contribution in [0.2, 0.25) is 0 Å². The molecule has 0 saturated heterocycles. The molecule has 0 radical (unpaired) electrons. The summed E-state index contributed by atoms with van der Waals surface area (Å²) >= 11 is 6.17. The molecule has 1 unspecified atom stereocenters. The maximum absolute atomic E-state index is 12.3. The molecule has 4 N–H and O–H groups in total. The highest BCUT2D eigenvalue weighted by Crippen LogP contribution is 2.25. The predicted molar refractivity (Wildman–Crippen MR) is 84.0 cm³/mol. The Morgan fingerprint density at radius 1 is 1.09 bits per heavy atom. The molecule has 0 aliphatic carbocycles. The molecule has 23 heavy (non-hydrogen) atoms. The van der Waals surface area contributed by atoms with Gasteiger partial charge < -0.3 is 5.32 Å². The number of benzene rings is 1. The summed E-state index contributed by atoms with van der Waals surface area (Å²) in [6, 6.07) is 10.6. The molecular weight excluding hydrogens is 318 g/mol. The van der Waals surface area contributed by atoms with Crippen LogP contribution >= 0.6 is 11.6 Å². The van der Waals surface area contributed by atoms with Crippen molar-refractivity contribution in [2.75, 3.05) is 0 Å². The number of halogens is 1. The molecule has 2 heterocycles. The zero-order chi connectivity index (χ0) is 16.3. The van der Waals surface area contributed by atoms with Gasteiger partial charge in [0.2, 0.25) is 0 Å². The van der Waals surface area contributed by atoms with E-state index in [1.807, 2.05) is 6.07 Å². The fourth-order valence-corrected chi connectivity index (χ4v) is 2.31. The van der Waals surface area contributed by atoms with Gasteiger partial charge in [-0.25, -0.2) is 9.97 Å². The van der Waals surface area contributed by atoms with Gasteiger partial charge in [0.05, 0.1) is 5.57 Å². The molecule has 0 spiro atoms. The molecule has 1 aromatic carbocycles. The van der Waals surface area contributed by atoms with Crippen molar-refractivity contribution in [3.8, 4) is 0 Å². The van der Waals surface area contributed by atoms with E-state index in [4.69, 9.17) is 17.3 Å². The van der Waals surface area contributed by atoms with Crippen molar-refractivity contribution in [2.45, 2.75) is 5.91 Å². The normalized spacial score (nSPS) is 21.2. The monoisotopic (exact) mass is 329 g/mol. The van der Waals surface area contributed by atoms with Crippen molar-refractivity contribution < 1.29 is 4.79 Å². The maximum Gasteiger partial charge on any atom is 0.285 e. The average molecular weight is 330 g/mol. The van der Waals surface area contributed by atoms with Gasteiger partial charge in [-0.1, -0.05) is 41.9 Å². The standard InChI is InChI=1S/C14H12ClN7O/c15-11-10(9-5-2-1-3-6-9)12(23)20-14(16,19-11)22-21-13-17-7-4-8-18-13/h1-8,19H,16H2,(H,20,23). The van der Waals surface area contributed by atoms with E-state index in [-0.39, 0.29) is 16.7 Å². The fourth-order valence-electron chi connectivity index (χ4n) is 1.98. The van der Waals surface area contributed by atoms with Crippen LogP contribution in [0, 0.1) is 0 Å². The molecule has 116 valence electrons. The van der Waals surface area contributed by atoms with Crippen LogP contribution in [-0.4, -0.2) is 21.8 Å². The van der Waals surface area contributed by atoms with Gasteiger partial charge in [-0.2, -0.15) is 0 Å². The van der Waals surface area contributed by atoms with Crippen molar-refractivity contribution in [1.82, 2.24) is 20.6 Å². The van der Waals surface area contributed by atoms with Crippen LogP contribution < -0.4 is 16.4 Å². The zero-order valence-electron chi connectivity index (χ0n) is 11.8. The Labute approximate surface area is 136 Å². The Hall–Kier alpha value is -2.84. The number of nitrogens with two attached hydrogens (primary N) is 1. The molecule has 1 amide bonds. The minimum atomic E-state index is -1.67. The Morgan fingerprint density at radius 2 is 1.78 bits per heavy atom. The van der Waals surface area contributed by atoms with E-state index in [1.165, 1.54) is 12.4 Å². The number of nitrogens with zero attached hydrogens (tertiary/aromatic N) is 4. The van der Waals surface area contributed by atoms with E-state index >= 15 is 0 Å². The van der Waals surface area contributed by atoms with Gasteiger partial charge in [0.15, 0.2) is 0 Å². The van der Waals surface area contributed by atoms with Crippen LogP contribution in [0.4, 0.5) is 5.95 Å². The number of hydrogen-bond donors (Lipinski definition) is 3. The first-order valence-corrected chi connectivity index (χ1v) is 7.00. The van der Waals surface area contributed by atoms with E-state index < -0.39 is 11.8 Å². The van der Waals surface area contributed by atoms with Gasteiger partial charge in [0, 0.05) is 12.4 Å². The number of rotatable bonds is 3. The smallest absolute Gasteiger partial charge is 0.285 e. The zero-order valence-corrected chi connectivity index (χ0v) is 12.5. The third kappa shape index (κ3) is 3.33. The number of carbonyl (C=O) groups is 1. The molecule has 1 aliphatic rings. The van der Waals surface area contributed by atoms with Crippen LogP contribution in [-0.2, 0) is 4.79 Å². The lowest BCUT2D eigenvalue weighted by Gasteiger charge is -2.31. The van der Waals surface area contributed by atoms with E-state index in [2.05, 4.69) is 30.8 Å². The highest BCUT2D eigenvalue weighted by molar-refractivity contribution is 6.39. The first-order valence-electron chi connectivity index (χ1n) is 6.62. The molecule has 1 aliphatic heterocycles. The van der Waals surface area contributed by atoms with E-state index in [9.17, 15) is 4.79 Å². The van der Waals surface area contributed by atoms with Crippen molar-refractivity contribution in [1.29, 1.82) is 0 Å². The van der Waals surface area contributed by atoms with Gasteiger partial charge in [0.1, 0.15) is 5.16 Å². The number of carbonyl (C=O) groups excluding carboxylic acids is 1. The summed E-state index contributed by atoms with van der Waals surface area (Å²) in [5.41, 5.74) is 6.89. The number of azo groups is 1. The lowest BCUT2D eigenvalue weighted by atomic mass is 10.1. The molecule has 8 nitrogen and oxygen atoms in total. The third-order valence-corrected chi connectivity index (χ3v) is 3.25. The van der Waals surface area contributed by atoms with Crippen LogP contribution in [0.3, 0.4) is 0 Å². The Kier molecular flexibility index (Phi) is 4.00. The molecule has 1 aromatic heterocycles. The lowest BCUT2D eigenvalue weighted by Crippen LogP contribution is -2.66. The molecular formula is C14H12ClN7O. The highest BCUT2D eigenvalue weighted by atomic mass is 35.5. The summed E-state index contributed by atoms with van der Waals surface area (Å²) in [7, 11) is 0. The van der Waals surface area contributed by atoms with Crippen LogP contribution in [0.15, 0.2) is 64.2 Å². The Balaban J connectivity index is 1.87. The first-order chi connectivity index (χ1) is 11.1. The summed E-state index contributed by atoms with van der Waals surface area (Å²) in [6.07, 6.45) is 3.02. The maximum atomic E-state index is 12.3. The summed E-state index contributed by atoms with van der Waals surface area (Å²) in [5.74, 6) is -2.02. The number of amides is 1. The van der Waals surface area contributed by atoms with Crippen molar-refractivity contribution in [3.63, 3.8) is 0 Å². The molecule has 9 heteroatoms. The van der Waals surface area contributed by atoms with E-state index in [0.717, 1.165) is 0 Å². The van der Waals surface area contributed by atoms with E-state index in [1.54, 1.807) is 30.3 Å². The number of aromatic nitrogens is 2. The number of hydrogen-bond acceptors (Lipinski definition) is 7. The first kappa shape index (κ1) is 15.1. The third-order valence-electron chi connectivity index (χ3n) is 2.96. The van der Waals surface area contributed by atoms with Crippen LogP contribution in [0.5, 0.6) is 0 Å². The molecule has 2 aromatic rings. The van der Waals surface area contributed by atoms with Crippen molar-refractivity contribution in [3.05, 3.63) is 59.5 Å². The van der Waals surface area contributed by atoms with Crippen LogP contribution in [0.1, 0.15) is 5.56 Å². The predicted octanol–water partition coefficient (Wildman–Crippen LogP) is 1.46. The van der Waals surface area contributed by atoms with E-state index in [0.29, 0.717) is 5.56 Å². The van der Waals surface area contributed by atoms with Gasteiger partial charge in [0.25, 0.3) is 17.8 Å². The second kappa shape index (κ2) is 6.11. The van der Waals surface area contributed by atoms with Gasteiger partial charge in [-0.05, 0) is 11.6 Å². The number of nitrogens with one attached hydrogen (secondary N) is 2. The van der Waals surface area contributed by atoms with Gasteiger partial charge in [-0.3, -0.25) is 15.8 Å². The average Bonchev–Trinajstić information content (AvgIpc) is 2.54. The Bertz CT molecular complexity index is 778. The minimum absolute atomic E-state index is 0.0791. The van der Waals surface area contributed by atoms with Gasteiger partial charge in [-0.15, -0.1) is 10.2 Å². The van der Waals surface area contributed by atoms with Crippen LogP contribution in [0.25, 0.3) is 5.57 Å². The second-order valence-electron chi connectivity index (χ2n) is 4.65. The SMILES string of the molecule is NC1(N=Nc2ncccn2)NC(=O)C(c2ccccc2)=C(Cl)N1. The van der Waals surface area contributed by atoms with Crippen molar-refractivity contribution >= 4 is 29.0 Å². The second-order valence-corrected chi connectivity index (χ2v) is 5.03. The summed E-state index contributed by atoms with van der Waals surface area (Å²) < 4.78 is 0.